The molecule has 0 saturated heterocycles. The van der Waals surface area contributed by atoms with Crippen molar-refractivity contribution < 1.29 is 18.0 Å². The van der Waals surface area contributed by atoms with E-state index in [1.54, 1.807) is 24.0 Å². The van der Waals surface area contributed by atoms with Gasteiger partial charge in [0.2, 0.25) is 21.8 Å². The number of amides is 2. The topological polar surface area (TPSA) is 86.8 Å². The van der Waals surface area contributed by atoms with Crippen LogP contribution in [0.5, 0.6) is 0 Å². The van der Waals surface area contributed by atoms with E-state index >= 15 is 0 Å². The summed E-state index contributed by atoms with van der Waals surface area (Å²) in [6, 6.07) is 16.3. The molecular formula is C27H39N3O4S. The SMILES string of the molecule is CCCCNC(=O)C(C)N(Cc1ccccc1)C(=O)CCCN(c1ccc(CC)cc1)S(C)(=O)=O. The summed E-state index contributed by atoms with van der Waals surface area (Å²) in [5.74, 6) is -0.363. The second-order valence-corrected chi connectivity index (χ2v) is 10.7. The van der Waals surface area contributed by atoms with Crippen molar-refractivity contribution in [1.29, 1.82) is 0 Å². The highest BCUT2D eigenvalue weighted by atomic mass is 32.2. The van der Waals surface area contributed by atoms with Crippen molar-refractivity contribution in [2.75, 3.05) is 23.7 Å². The molecule has 2 aromatic rings. The van der Waals surface area contributed by atoms with E-state index in [4.69, 9.17) is 0 Å². The first-order valence-electron chi connectivity index (χ1n) is 12.3. The van der Waals surface area contributed by atoms with Gasteiger partial charge in [0, 0.05) is 26.1 Å². The number of unbranched alkanes of at least 4 members (excludes halogenated alkanes) is 1. The Bertz CT molecular complexity index is 1040. The monoisotopic (exact) mass is 501 g/mol. The lowest BCUT2D eigenvalue weighted by molar-refractivity contribution is -0.140. The molecule has 2 aromatic carbocycles. The van der Waals surface area contributed by atoms with Gasteiger partial charge in [-0.15, -0.1) is 0 Å². The zero-order valence-electron chi connectivity index (χ0n) is 21.4. The Labute approximate surface area is 210 Å². The minimum atomic E-state index is -3.50. The average molecular weight is 502 g/mol. The van der Waals surface area contributed by atoms with Gasteiger partial charge in [0.15, 0.2) is 0 Å². The fourth-order valence-corrected chi connectivity index (χ4v) is 4.77. The molecule has 0 heterocycles. The van der Waals surface area contributed by atoms with Crippen LogP contribution < -0.4 is 9.62 Å². The van der Waals surface area contributed by atoms with Gasteiger partial charge >= 0.3 is 0 Å². The molecule has 1 atom stereocenters. The molecule has 1 N–H and O–H groups in total. The summed E-state index contributed by atoms with van der Waals surface area (Å²) in [6.45, 7) is 6.91. The largest absolute Gasteiger partial charge is 0.354 e. The van der Waals surface area contributed by atoms with E-state index in [1.807, 2.05) is 49.4 Å². The van der Waals surface area contributed by atoms with Crippen LogP contribution in [0.15, 0.2) is 54.6 Å². The van der Waals surface area contributed by atoms with Gasteiger partial charge in [-0.05, 0) is 49.4 Å². The van der Waals surface area contributed by atoms with Crippen molar-refractivity contribution in [3.63, 3.8) is 0 Å². The molecule has 2 amide bonds. The average Bonchev–Trinajstić information content (AvgIpc) is 2.84. The Hall–Kier alpha value is -2.87. The molecule has 1 unspecified atom stereocenters. The number of aryl methyl sites for hydroxylation is 1. The fraction of sp³-hybridized carbons (Fsp3) is 0.481. The van der Waals surface area contributed by atoms with Crippen LogP contribution in [0.2, 0.25) is 0 Å². The lowest BCUT2D eigenvalue weighted by atomic mass is 10.1. The summed E-state index contributed by atoms with van der Waals surface area (Å²) in [7, 11) is -3.50. The predicted molar refractivity (Wildman–Crippen MR) is 142 cm³/mol. The number of rotatable bonds is 14. The molecular weight excluding hydrogens is 462 g/mol. The number of hydrogen-bond donors (Lipinski definition) is 1. The summed E-state index contributed by atoms with van der Waals surface area (Å²) in [4.78, 5) is 27.5. The number of anilines is 1. The molecule has 0 aliphatic carbocycles. The van der Waals surface area contributed by atoms with Crippen LogP contribution in [0, 0.1) is 0 Å². The van der Waals surface area contributed by atoms with E-state index in [-0.39, 0.29) is 24.8 Å². The van der Waals surface area contributed by atoms with Crippen LogP contribution >= 0.6 is 0 Å². The Morgan fingerprint density at radius 2 is 1.60 bits per heavy atom. The molecule has 0 bridgehead atoms. The number of hydrogen-bond acceptors (Lipinski definition) is 4. The van der Waals surface area contributed by atoms with Crippen molar-refractivity contribution >= 4 is 27.5 Å². The van der Waals surface area contributed by atoms with Crippen LogP contribution in [0.4, 0.5) is 5.69 Å². The molecule has 2 rings (SSSR count). The van der Waals surface area contributed by atoms with Crippen molar-refractivity contribution in [1.82, 2.24) is 10.2 Å². The molecule has 0 radical (unpaired) electrons. The van der Waals surface area contributed by atoms with Gasteiger partial charge in [-0.1, -0.05) is 62.7 Å². The maximum Gasteiger partial charge on any atom is 0.242 e. The summed E-state index contributed by atoms with van der Waals surface area (Å²) >= 11 is 0. The zero-order valence-corrected chi connectivity index (χ0v) is 22.2. The molecule has 192 valence electrons. The van der Waals surface area contributed by atoms with E-state index in [0.717, 1.165) is 30.4 Å². The van der Waals surface area contributed by atoms with E-state index in [2.05, 4.69) is 12.2 Å². The fourth-order valence-electron chi connectivity index (χ4n) is 3.80. The van der Waals surface area contributed by atoms with Crippen LogP contribution in [0.1, 0.15) is 57.6 Å². The molecule has 7 nitrogen and oxygen atoms in total. The first-order valence-corrected chi connectivity index (χ1v) is 14.2. The van der Waals surface area contributed by atoms with Gasteiger partial charge in [0.25, 0.3) is 0 Å². The highest BCUT2D eigenvalue weighted by Crippen LogP contribution is 2.20. The summed E-state index contributed by atoms with van der Waals surface area (Å²) in [5, 5.41) is 2.91. The van der Waals surface area contributed by atoms with Crippen LogP contribution in [-0.2, 0) is 32.6 Å². The first-order chi connectivity index (χ1) is 16.7. The highest BCUT2D eigenvalue weighted by Gasteiger charge is 2.26. The van der Waals surface area contributed by atoms with Crippen molar-refractivity contribution in [3.05, 3.63) is 65.7 Å². The van der Waals surface area contributed by atoms with E-state index in [1.165, 1.54) is 10.6 Å². The minimum absolute atomic E-state index is 0.137. The van der Waals surface area contributed by atoms with Gasteiger partial charge in [-0.2, -0.15) is 0 Å². The molecule has 35 heavy (non-hydrogen) atoms. The van der Waals surface area contributed by atoms with E-state index in [0.29, 0.717) is 25.2 Å². The van der Waals surface area contributed by atoms with E-state index in [9.17, 15) is 18.0 Å². The standard InChI is InChI=1S/C27H39N3O4S/c1-5-7-19-28-27(32)22(3)29(21-24-12-9-8-10-13-24)26(31)14-11-20-30(35(4,33)34)25-17-15-23(6-2)16-18-25/h8-10,12-13,15-18,22H,5-7,11,14,19-21H2,1-4H3,(H,28,32). The summed E-state index contributed by atoms with van der Waals surface area (Å²) in [5.41, 5.74) is 2.64. The smallest absolute Gasteiger partial charge is 0.242 e. The Balaban J connectivity index is 2.11. The molecule has 0 aromatic heterocycles. The Morgan fingerprint density at radius 1 is 0.943 bits per heavy atom. The van der Waals surface area contributed by atoms with Gasteiger partial charge in [0.1, 0.15) is 6.04 Å². The lowest BCUT2D eigenvalue weighted by Crippen LogP contribution is -2.47. The van der Waals surface area contributed by atoms with Crippen molar-refractivity contribution in [3.8, 4) is 0 Å². The van der Waals surface area contributed by atoms with Gasteiger partial charge in [-0.3, -0.25) is 13.9 Å². The lowest BCUT2D eigenvalue weighted by Gasteiger charge is -2.29. The van der Waals surface area contributed by atoms with Gasteiger partial charge in [-0.25, -0.2) is 8.42 Å². The third kappa shape index (κ3) is 9.02. The quantitative estimate of drug-likeness (QED) is 0.395. The van der Waals surface area contributed by atoms with Crippen molar-refractivity contribution in [2.24, 2.45) is 0 Å². The third-order valence-electron chi connectivity index (χ3n) is 5.98. The third-order valence-corrected chi connectivity index (χ3v) is 7.17. The number of nitrogens with one attached hydrogen (secondary N) is 1. The molecule has 0 aliphatic rings. The van der Waals surface area contributed by atoms with Crippen molar-refractivity contribution in [2.45, 2.75) is 65.5 Å². The summed E-state index contributed by atoms with van der Waals surface area (Å²) in [6.07, 6.45) is 4.38. The number of benzene rings is 2. The van der Waals surface area contributed by atoms with Gasteiger partial charge in [0.05, 0.1) is 11.9 Å². The maximum absolute atomic E-state index is 13.3. The zero-order chi connectivity index (χ0) is 25.8. The van der Waals surface area contributed by atoms with Gasteiger partial charge < -0.3 is 10.2 Å². The number of carbonyl (C=O) groups is 2. The molecule has 8 heteroatoms. The maximum atomic E-state index is 13.3. The minimum Gasteiger partial charge on any atom is -0.354 e. The predicted octanol–water partition coefficient (Wildman–Crippen LogP) is 4.13. The molecule has 0 spiro atoms. The van der Waals surface area contributed by atoms with Crippen LogP contribution in [-0.4, -0.2) is 50.5 Å². The van der Waals surface area contributed by atoms with E-state index < -0.39 is 16.1 Å². The molecule has 0 saturated carbocycles. The van der Waals surface area contributed by atoms with Crippen LogP contribution in [0.25, 0.3) is 0 Å². The number of carbonyl (C=O) groups excluding carboxylic acids is 2. The highest BCUT2D eigenvalue weighted by molar-refractivity contribution is 7.92. The normalized spacial score (nSPS) is 12.1. The number of sulfonamides is 1. The Morgan fingerprint density at radius 3 is 2.17 bits per heavy atom. The summed E-state index contributed by atoms with van der Waals surface area (Å²) < 4.78 is 26.2. The second kappa shape index (κ2) is 13.9. The van der Waals surface area contributed by atoms with Crippen LogP contribution in [0.3, 0.4) is 0 Å². The molecule has 0 fully saturated rings. The number of nitrogens with zero attached hydrogens (tertiary/aromatic N) is 2. The first kappa shape index (κ1) is 28.4. The Kier molecular flexibility index (Phi) is 11.2. The second-order valence-electron chi connectivity index (χ2n) is 8.79. The molecule has 0 aliphatic heterocycles.